The highest BCUT2D eigenvalue weighted by molar-refractivity contribution is 7.21. The zero-order chi connectivity index (χ0) is 16.8. The summed E-state index contributed by atoms with van der Waals surface area (Å²) in [7, 11) is 0. The molecule has 0 saturated heterocycles. The summed E-state index contributed by atoms with van der Waals surface area (Å²) in [4.78, 5) is 16.5. The first-order valence-corrected chi connectivity index (χ1v) is 9.69. The minimum Gasteiger partial charge on any atom is -0.330 e. The van der Waals surface area contributed by atoms with Crippen LogP contribution in [-0.2, 0) is 12.8 Å². The van der Waals surface area contributed by atoms with E-state index in [1.165, 1.54) is 26.8 Å². The minimum atomic E-state index is 0.157. The van der Waals surface area contributed by atoms with E-state index in [-0.39, 0.29) is 11.9 Å². The molecule has 2 aromatic carbocycles. The number of fused-ring (bicyclic) bond motifs is 6. The number of carbonyl (C=O) groups is 1. The van der Waals surface area contributed by atoms with Crippen LogP contribution >= 0.6 is 11.3 Å². The van der Waals surface area contributed by atoms with Crippen LogP contribution in [0.15, 0.2) is 60.7 Å². The second-order valence-corrected chi connectivity index (χ2v) is 7.83. The van der Waals surface area contributed by atoms with Crippen LogP contribution in [0.5, 0.6) is 0 Å². The van der Waals surface area contributed by atoms with Crippen molar-refractivity contribution < 1.29 is 4.79 Å². The Hall–Kier alpha value is -2.39. The summed E-state index contributed by atoms with van der Waals surface area (Å²) >= 11 is 1.65. The number of thiophene rings is 1. The molecule has 0 radical (unpaired) electrons. The maximum atomic E-state index is 13.5. The van der Waals surface area contributed by atoms with Gasteiger partial charge in [0.05, 0.1) is 10.9 Å². The summed E-state index contributed by atoms with van der Waals surface area (Å²) in [6, 6.07) is 17.1. The van der Waals surface area contributed by atoms with Crippen LogP contribution in [0.3, 0.4) is 0 Å². The lowest BCUT2D eigenvalue weighted by Gasteiger charge is -2.36. The second kappa shape index (κ2) is 5.85. The molecule has 1 amide bonds. The van der Waals surface area contributed by atoms with Crippen LogP contribution < -0.4 is 0 Å². The zero-order valence-electron chi connectivity index (χ0n) is 13.9. The number of amides is 1. The van der Waals surface area contributed by atoms with Gasteiger partial charge in [0.25, 0.3) is 5.91 Å². The monoisotopic (exact) mass is 345 g/mol. The molecule has 2 aliphatic heterocycles. The fraction of sp³-hybridized carbons (Fsp3) is 0.227. The van der Waals surface area contributed by atoms with Gasteiger partial charge < -0.3 is 4.90 Å². The smallest absolute Gasteiger partial charge is 0.264 e. The lowest BCUT2D eigenvalue weighted by molar-refractivity contribution is 0.0667. The SMILES string of the molecule is O=C1c2sc3ccccc3c2C/C=C\CC2c3ccccc3CCN12. The molecule has 1 atom stereocenters. The number of hydrogen-bond acceptors (Lipinski definition) is 2. The van der Waals surface area contributed by atoms with E-state index in [0.29, 0.717) is 0 Å². The predicted molar refractivity (Wildman–Crippen MR) is 103 cm³/mol. The molecule has 3 aromatic rings. The van der Waals surface area contributed by atoms with Gasteiger partial charge in [0.15, 0.2) is 0 Å². The molecule has 0 spiro atoms. The maximum absolute atomic E-state index is 13.5. The molecule has 2 aliphatic rings. The van der Waals surface area contributed by atoms with Crippen molar-refractivity contribution in [1.82, 2.24) is 4.90 Å². The Morgan fingerprint density at radius 2 is 1.84 bits per heavy atom. The van der Waals surface area contributed by atoms with E-state index < -0.39 is 0 Å². The molecular weight excluding hydrogens is 326 g/mol. The van der Waals surface area contributed by atoms with Crippen molar-refractivity contribution in [3.8, 4) is 0 Å². The lowest BCUT2D eigenvalue weighted by atomic mass is 9.90. The topological polar surface area (TPSA) is 20.3 Å². The quantitative estimate of drug-likeness (QED) is 0.516. The Bertz CT molecular complexity index is 1000. The van der Waals surface area contributed by atoms with E-state index in [4.69, 9.17) is 0 Å². The van der Waals surface area contributed by atoms with Gasteiger partial charge in [-0.2, -0.15) is 0 Å². The van der Waals surface area contributed by atoms with E-state index >= 15 is 0 Å². The number of rotatable bonds is 0. The van der Waals surface area contributed by atoms with Gasteiger partial charge in [0.2, 0.25) is 0 Å². The van der Waals surface area contributed by atoms with Crippen molar-refractivity contribution in [2.75, 3.05) is 6.54 Å². The molecule has 0 N–H and O–H groups in total. The third kappa shape index (κ3) is 2.34. The summed E-state index contributed by atoms with van der Waals surface area (Å²) in [5.41, 5.74) is 3.90. The molecule has 2 nitrogen and oxygen atoms in total. The number of hydrogen-bond donors (Lipinski definition) is 0. The molecule has 1 unspecified atom stereocenters. The molecule has 0 bridgehead atoms. The van der Waals surface area contributed by atoms with Crippen molar-refractivity contribution in [1.29, 1.82) is 0 Å². The fourth-order valence-corrected chi connectivity index (χ4v) is 5.37. The van der Waals surface area contributed by atoms with Crippen LogP contribution in [0.2, 0.25) is 0 Å². The third-order valence-corrected chi connectivity index (χ3v) is 6.61. The summed E-state index contributed by atoms with van der Waals surface area (Å²) < 4.78 is 1.21. The molecule has 3 heteroatoms. The summed E-state index contributed by atoms with van der Waals surface area (Å²) in [6.45, 7) is 0.808. The third-order valence-electron chi connectivity index (χ3n) is 5.41. The standard InChI is InChI=1S/C22H19NOS/c24-22-21-18(17-9-4-6-12-20(17)25-21)10-3-5-11-19-16-8-2-1-7-15(16)13-14-23(19)22/h1-9,12,19H,10-11,13-14H2/b5-3-. The predicted octanol–water partition coefficient (Wildman–Crippen LogP) is 5.14. The van der Waals surface area contributed by atoms with Gasteiger partial charge in [0.1, 0.15) is 0 Å². The van der Waals surface area contributed by atoms with E-state index in [0.717, 1.165) is 30.7 Å². The Morgan fingerprint density at radius 3 is 2.80 bits per heavy atom. The highest BCUT2D eigenvalue weighted by atomic mass is 32.1. The Balaban J connectivity index is 1.67. The minimum absolute atomic E-state index is 0.157. The molecule has 5 rings (SSSR count). The highest BCUT2D eigenvalue weighted by Crippen LogP contribution is 2.39. The van der Waals surface area contributed by atoms with Gasteiger partial charge >= 0.3 is 0 Å². The highest BCUT2D eigenvalue weighted by Gasteiger charge is 2.33. The first kappa shape index (κ1) is 14.9. The molecule has 1 aromatic heterocycles. The Labute approximate surface area is 151 Å². The van der Waals surface area contributed by atoms with Crippen molar-refractivity contribution in [3.63, 3.8) is 0 Å². The fourth-order valence-electron chi connectivity index (χ4n) is 4.18. The van der Waals surface area contributed by atoms with Crippen molar-refractivity contribution >= 4 is 27.3 Å². The molecule has 25 heavy (non-hydrogen) atoms. The van der Waals surface area contributed by atoms with Crippen LogP contribution in [0.4, 0.5) is 0 Å². The number of benzene rings is 2. The molecule has 0 fully saturated rings. The van der Waals surface area contributed by atoms with Crippen LogP contribution in [-0.4, -0.2) is 17.4 Å². The van der Waals surface area contributed by atoms with Crippen LogP contribution in [0.1, 0.15) is 38.8 Å². The van der Waals surface area contributed by atoms with Crippen molar-refractivity contribution in [3.05, 3.63) is 82.3 Å². The van der Waals surface area contributed by atoms with E-state index in [1.54, 1.807) is 11.3 Å². The van der Waals surface area contributed by atoms with Gasteiger partial charge in [-0.1, -0.05) is 54.6 Å². The van der Waals surface area contributed by atoms with E-state index in [1.807, 2.05) is 0 Å². The second-order valence-electron chi connectivity index (χ2n) is 6.78. The summed E-state index contributed by atoms with van der Waals surface area (Å²) in [5.74, 6) is 0.208. The number of nitrogens with zero attached hydrogens (tertiary/aromatic N) is 1. The van der Waals surface area contributed by atoms with Gasteiger partial charge in [-0.05, 0) is 47.4 Å². The first-order valence-electron chi connectivity index (χ1n) is 8.87. The molecule has 3 heterocycles. The molecular formula is C22H19NOS. The van der Waals surface area contributed by atoms with Gasteiger partial charge in [0, 0.05) is 11.2 Å². The van der Waals surface area contributed by atoms with Crippen molar-refractivity contribution in [2.45, 2.75) is 25.3 Å². The van der Waals surface area contributed by atoms with Crippen molar-refractivity contribution in [2.24, 2.45) is 0 Å². The summed E-state index contributed by atoms with van der Waals surface area (Å²) in [5, 5.41) is 1.23. The Morgan fingerprint density at radius 1 is 1.00 bits per heavy atom. The average molecular weight is 345 g/mol. The zero-order valence-corrected chi connectivity index (χ0v) is 14.8. The lowest BCUT2D eigenvalue weighted by Crippen LogP contribution is -2.39. The number of allylic oxidation sites excluding steroid dienone is 1. The largest absolute Gasteiger partial charge is 0.330 e. The summed E-state index contributed by atoms with van der Waals surface area (Å²) in [6.07, 6.45) is 7.19. The first-order chi connectivity index (χ1) is 12.3. The molecule has 0 saturated carbocycles. The van der Waals surface area contributed by atoms with Crippen LogP contribution in [0.25, 0.3) is 10.1 Å². The average Bonchev–Trinajstić information content (AvgIpc) is 3.04. The number of carbonyl (C=O) groups excluding carboxylic acids is 1. The Kier molecular flexibility index (Phi) is 3.49. The van der Waals surface area contributed by atoms with Gasteiger partial charge in [-0.25, -0.2) is 0 Å². The van der Waals surface area contributed by atoms with E-state index in [9.17, 15) is 4.79 Å². The molecule has 124 valence electrons. The normalized spacial score (nSPS) is 20.9. The maximum Gasteiger partial charge on any atom is 0.264 e. The van der Waals surface area contributed by atoms with Crippen LogP contribution in [0, 0.1) is 0 Å². The van der Waals surface area contributed by atoms with E-state index in [2.05, 4.69) is 65.6 Å². The molecule has 0 aliphatic carbocycles. The van der Waals surface area contributed by atoms with Gasteiger partial charge in [-0.3, -0.25) is 4.79 Å². The van der Waals surface area contributed by atoms with Gasteiger partial charge in [-0.15, -0.1) is 11.3 Å².